The molecule has 1 aliphatic carbocycles. The largest absolute Gasteiger partial charge is 0.0726 e. The molecule has 1 aromatic carbocycles. The maximum atomic E-state index is 2.30. The van der Waals surface area contributed by atoms with Crippen LogP contribution in [0.4, 0.5) is 0 Å². The van der Waals surface area contributed by atoms with Crippen LogP contribution in [0.25, 0.3) is 11.6 Å². The normalized spacial score (nSPS) is 14.5. The third-order valence-electron chi connectivity index (χ3n) is 2.36. The fraction of sp³-hybridized carbons (Fsp3) is 0.273. The fourth-order valence-electron chi connectivity index (χ4n) is 1.81. The first-order valence-corrected chi connectivity index (χ1v) is 4.04. The molecule has 1 aromatic rings. The van der Waals surface area contributed by atoms with Crippen LogP contribution in [0.15, 0.2) is 18.2 Å². The second kappa shape index (κ2) is 2.23. The minimum atomic E-state index is 1.14. The van der Waals surface area contributed by atoms with E-state index >= 15 is 0 Å². The standard InChI is InChI=1S/C11H12/c1-8-4-3-5-10-7-6-9(2)11(8)10/h3-5,7H,6H2,1-2H3. The molecule has 0 amide bonds. The molecule has 0 N–H and O–H groups in total. The minimum Gasteiger partial charge on any atom is -0.0726 e. The smallest absolute Gasteiger partial charge is 0.0123 e. The molecular formula is C11H12. The molecule has 56 valence electrons. The second-order valence-electron chi connectivity index (χ2n) is 3.23. The van der Waals surface area contributed by atoms with Crippen LogP contribution in [0.1, 0.15) is 18.9 Å². The third-order valence-corrected chi connectivity index (χ3v) is 2.36. The van der Waals surface area contributed by atoms with Crippen LogP contribution in [-0.4, -0.2) is 0 Å². The van der Waals surface area contributed by atoms with Crippen molar-refractivity contribution in [2.24, 2.45) is 0 Å². The molecule has 2 rings (SSSR count). The lowest BCUT2D eigenvalue weighted by molar-refractivity contribution is 1.35. The number of aryl methyl sites for hydroxylation is 1. The predicted molar refractivity (Wildman–Crippen MR) is 48.6 cm³/mol. The highest BCUT2D eigenvalue weighted by molar-refractivity contribution is 5.58. The highest BCUT2D eigenvalue weighted by Crippen LogP contribution is 2.03. The molecule has 0 heterocycles. The first-order valence-electron chi connectivity index (χ1n) is 4.04. The van der Waals surface area contributed by atoms with E-state index < -0.39 is 0 Å². The van der Waals surface area contributed by atoms with Crippen molar-refractivity contribution in [3.8, 4) is 0 Å². The van der Waals surface area contributed by atoms with Crippen molar-refractivity contribution in [2.45, 2.75) is 20.3 Å². The van der Waals surface area contributed by atoms with E-state index in [0.29, 0.717) is 0 Å². The minimum absolute atomic E-state index is 1.14. The molecule has 0 aromatic heterocycles. The number of benzene rings is 1. The highest BCUT2D eigenvalue weighted by atomic mass is 14.1. The summed E-state index contributed by atoms with van der Waals surface area (Å²) in [4.78, 5) is 0. The highest BCUT2D eigenvalue weighted by Gasteiger charge is 2.00. The van der Waals surface area contributed by atoms with Crippen molar-refractivity contribution in [3.05, 3.63) is 34.2 Å². The van der Waals surface area contributed by atoms with Crippen molar-refractivity contribution in [1.82, 2.24) is 0 Å². The number of hydrogen-bond donors (Lipinski definition) is 0. The van der Waals surface area contributed by atoms with E-state index in [-0.39, 0.29) is 0 Å². The molecular weight excluding hydrogens is 132 g/mol. The molecule has 0 radical (unpaired) electrons. The average molecular weight is 144 g/mol. The molecule has 0 saturated carbocycles. The molecule has 0 fully saturated rings. The van der Waals surface area contributed by atoms with Crippen molar-refractivity contribution in [2.75, 3.05) is 0 Å². The van der Waals surface area contributed by atoms with Gasteiger partial charge >= 0.3 is 0 Å². The van der Waals surface area contributed by atoms with Crippen molar-refractivity contribution in [1.29, 1.82) is 0 Å². The van der Waals surface area contributed by atoms with E-state index in [1.807, 2.05) is 0 Å². The first-order chi connectivity index (χ1) is 5.29. The van der Waals surface area contributed by atoms with Crippen LogP contribution in [0.5, 0.6) is 0 Å². The van der Waals surface area contributed by atoms with Gasteiger partial charge in [0.15, 0.2) is 0 Å². The van der Waals surface area contributed by atoms with E-state index in [2.05, 4.69) is 38.1 Å². The predicted octanol–water partition coefficient (Wildman–Crippen LogP) is 1.35. The van der Waals surface area contributed by atoms with Gasteiger partial charge in [0.25, 0.3) is 0 Å². The molecule has 0 bridgehead atoms. The summed E-state index contributed by atoms with van der Waals surface area (Å²) in [5.41, 5.74) is 2.92. The van der Waals surface area contributed by atoms with Gasteiger partial charge in [-0.05, 0) is 36.3 Å². The maximum Gasteiger partial charge on any atom is -0.0123 e. The zero-order chi connectivity index (χ0) is 7.84. The summed E-state index contributed by atoms with van der Waals surface area (Å²) in [5, 5.41) is 2.90. The molecule has 0 aliphatic heterocycles. The van der Waals surface area contributed by atoms with Gasteiger partial charge in [-0.1, -0.05) is 29.8 Å². The Labute approximate surface area is 66.9 Å². The Morgan fingerprint density at radius 1 is 1.18 bits per heavy atom. The Bertz CT molecular complexity index is 397. The molecule has 0 saturated heterocycles. The molecule has 0 nitrogen and oxygen atoms in total. The summed E-state index contributed by atoms with van der Waals surface area (Å²) in [6, 6.07) is 6.50. The van der Waals surface area contributed by atoms with Gasteiger partial charge in [0, 0.05) is 0 Å². The van der Waals surface area contributed by atoms with E-state index in [4.69, 9.17) is 0 Å². The van der Waals surface area contributed by atoms with Gasteiger partial charge in [0.1, 0.15) is 0 Å². The molecule has 0 spiro atoms. The Balaban J connectivity index is 3.00. The van der Waals surface area contributed by atoms with Crippen LogP contribution in [-0.2, 0) is 0 Å². The second-order valence-corrected chi connectivity index (χ2v) is 3.23. The van der Waals surface area contributed by atoms with Gasteiger partial charge in [-0.3, -0.25) is 0 Å². The zero-order valence-corrected chi connectivity index (χ0v) is 7.02. The van der Waals surface area contributed by atoms with Gasteiger partial charge in [-0.15, -0.1) is 0 Å². The van der Waals surface area contributed by atoms with Crippen LogP contribution in [0, 0.1) is 6.92 Å². The van der Waals surface area contributed by atoms with Crippen LogP contribution in [0.3, 0.4) is 0 Å². The quantitative estimate of drug-likeness (QED) is 0.515. The number of hydrogen-bond acceptors (Lipinski definition) is 0. The van der Waals surface area contributed by atoms with E-state index in [9.17, 15) is 0 Å². The Hall–Kier alpha value is -1.04. The number of rotatable bonds is 0. The van der Waals surface area contributed by atoms with Crippen molar-refractivity contribution >= 4 is 11.6 Å². The van der Waals surface area contributed by atoms with Crippen LogP contribution < -0.4 is 10.4 Å². The summed E-state index contributed by atoms with van der Waals surface area (Å²) in [7, 11) is 0. The lowest BCUT2D eigenvalue weighted by Gasteiger charge is -1.94. The Morgan fingerprint density at radius 2 is 2.00 bits per heavy atom. The van der Waals surface area contributed by atoms with E-state index in [0.717, 1.165) is 6.42 Å². The third kappa shape index (κ3) is 0.900. The lowest BCUT2D eigenvalue weighted by Crippen LogP contribution is -2.24. The van der Waals surface area contributed by atoms with E-state index in [1.165, 1.54) is 21.6 Å². The van der Waals surface area contributed by atoms with E-state index in [1.54, 1.807) is 0 Å². The van der Waals surface area contributed by atoms with Crippen molar-refractivity contribution in [3.63, 3.8) is 0 Å². The van der Waals surface area contributed by atoms with Gasteiger partial charge in [0.05, 0.1) is 0 Å². The fourth-order valence-corrected chi connectivity index (χ4v) is 1.81. The topological polar surface area (TPSA) is 0 Å². The lowest BCUT2D eigenvalue weighted by atomic mass is 10.1. The number of fused-ring (bicyclic) bond motifs is 1. The summed E-state index contributed by atoms with van der Waals surface area (Å²) in [5.74, 6) is 0. The Kier molecular flexibility index (Phi) is 1.35. The van der Waals surface area contributed by atoms with Crippen molar-refractivity contribution < 1.29 is 0 Å². The van der Waals surface area contributed by atoms with Gasteiger partial charge < -0.3 is 0 Å². The first kappa shape index (κ1) is 6.66. The van der Waals surface area contributed by atoms with Crippen LogP contribution in [0.2, 0.25) is 0 Å². The summed E-state index contributed by atoms with van der Waals surface area (Å²) in [6.07, 6.45) is 3.44. The van der Waals surface area contributed by atoms with Gasteiger partial charge in [0.2, 0.25) is 0 Å². The zero-order valence-electron chi connectivity index (χ0n) is 7.02. The molecule has 0 unspecified atom stereocenters. The molecule has 0 atom stereocenters. The Morgan fingerprint density at radius 3 is 2.73 bits per heavy atom. The van der Waals surface area contributed by atoms with Gasteiger partial charge in [-0.2, -0.15) is 0 Å². The average Bonchev–Trinajstić information content (AvgIpc) is 2.34. The van der Waals surface area contributed by atoms with Gasteiger partial charge in [-0.25, -0.2) is 0 Å². The maximum absolute atomic E-state index is 2.30. The van der Waals surface area contributed by atoms with Crippen LogP contribution >= 0.6 is 0 Å². The monoisotopic (exact) mass is 144 g/mol. The SMILES string of the molecule is CC1=c2c(C)cccc2=CC1. The molecule has 0 heteroatoms. The summed E-state index contributed by atoms with van der Waals surface area (Å²) in [6.45, 7) is 4.40. The summed E-state index contributed by atoms with van der Waals surface area (Å²) < 4.78 is 0. The summed E-state index contributed by atoms with van der Waals surface area (Å²) >= 11 is 0. The molecule has 1 aliphatic rings. The molecule has 11 heavy (non-hydrogen) atoms.